The number of phenolic OH excluding ortho intramolecular Hbond substituents is 1. The Bertz CT molecular complexity index is 3330. The van der Waals surface area contributed by atoms with Crippen molar-refractivity contribution in [2.75, 3.05) is 0 Å². The van der Waals surface area contributed by atoms with E-state index in [9.17, 15) is 63.0 Å². The minimum Gasteiger partial charge on any atom is -0.508 e. The number of benzene rings is 3. The standard InChI is InChI=1S/C46H77N5O7.C24H28N4O4.C9H18O.C3H6O/c1-11-37(28-31(2)3)43(57)50-46(10,35(8)54)27-23-18-16-14-12-13-15-17-22-26-45(9,34(7)53)49-38(29-32(4)5)41(55)42(56)40(33(6)52)48-44(58)39(51-47)30-36-24-20-19-21-25-36;1-14(23(31)24(32)22(28-25)11-16-7-9-18(30)10-8-16)27-21(15(2)29)12-17-13-26-20-6-4-3-5-19(17)20;1-4-6-7-9(5-2)8(3)10;1-3(2)4/h14,16,19-21,24-25,31-33,37-40,49,51-52H,11-13,15,17-18,22-23,26-30,47H2,1-10H3,(H,48,58)(H,50,57);3-10,13-14,21-22,26-28,30H,11-12,25H2,1-2H3;9H,4-7H2,1-3H3;1-2H3/b16-14+;;;/t33-,37+,38+,39+,40+,45-,46+;14?,21-,22-;9-;/m100./s1. The summed E-state index contributed by atoms with van der Waals surface area (Å²) in [6.45, 7) is 30.0. The van der Waals surface area contributed by atoms with Crippen LogP contribution in [0.15, 0.2) is 97.2 Å². The number of para-hydroxylation sites is 1. The van der Waals surface area contributed by atoms with Gasteiger partial charge in [-0.1, -0.05) is 153 Å². The molecule has 0 aliphatic carbocycles. The summed E-state index contributed by atoms with van der Waals surface area (Å²) in [5.41, 5.74) is 6.42. The summed E-state index contributed by atoms with van der Waals surface area (Å²) in [4.78, 5) is 140. The maximum atomic E-state index is 13.8. The van der Waals surface area contributed by atoms with Crippen LogP contribution in [-0.2, 0) is 72.0 Å². The largest absolute Gasteiger partial charge is 0.508 e. The van der Waals surface area contributed by atoms with Gasteiger partial charge in [0.05, 0.1) is 41.3 Å². The number of Topliss-reactive ketones (excluding diaryl/α,β-unsaturated/α-hetero) is 9. The van der Waals surface area contributed by atoms with E-state index >= 15 is 0 Å². The third kappa shape index (κ3) is 35.5. The van der Waals surface area contributed by atoms with Gasteiger partial charge in [-0.2, -0.15) is 0 Å². The van der Waals surface area contributed by atoms with Gasteiger partial charge in [-0.25, -0.2) is 10.9 Å². The fourth-order valence-electron chi connectivity index (χ4n) is 12.0. The molecule has 0 aliphatic rings. The number of nitrogens with two attached hydrogens (primary N) is 2. The Morgan fingerprint density at radius 3 is 1.58 bits per heavy atom. The maximum Gasteiger partial charge on any atom is 0.239 e. The SMILES string of the molecule is CC(=O)[C@H](Cc1c[nH]c2ccccc12)NC(C)C(=O)C(=O)[C@H](Cc1ccc(O)cc1)NN.CC(C)=O.CCCC[C@H](CC)C(C)=O.CC[C@@H](CC(C)C)C(=O)N[C@@](C)(CCC/C=C/CCCCCC[C@@](C)(N[C@@H](CC(C)C)C(=O)C(=O)[C@@H](NC(=O)[C@H](Cc1ccccc1)NN)[C@@H](C)O)C(C)=O)C(C)=O. The van der Waals surface area contributed by atoms with Crippen LogP contribution in [0.5, 0.6) is 5.75 Å². The van der Waals surface area contributed by atoms with Crippen LogP contribution in [0.1, 0.15) is 237 Å². The number of H-pyrrole nitrogens is 1. The molecule has 0 bridgehead atoms. The van der Waals surface area contributed by atoms with E-state index in [0.717, 1.165) is 98.2 Å². The van der Waals surface area contributed by atoms with Gasteiger partial charge in [0.2, 0.25) is 34.9 Å². The van der Waals surface area contributed by atoms with Crippen LogP contribution in [0.25, 0.3) is 10.9 Å². The third-order valence-electron chi connectivity index (χ3n) is 18.8. The quantitative estimate of drug-likeness (QED) is 0.00643. The first-order valence-corrected chi connectivity index (χ1v) is 37.4. The number of aromatic nitrogens is 1. The lowest BCUT2D eigenvalue weighted by molar-refractivity contribution is -0.142. The summed E-state index contributed by atoms with van der Waals surface area (Å²) in [6, 6.07) is 17.5. The van der Waals surface area contributed by atoms with Crippen molar-refractivity contribution in [3.05, 3.63) is 114 Å². The molecule has 11 atom stereocenters. The van der Waals surface area contributed by atoms with Gasteiger partial charge in [-0.3, -0.25) is 70.3 Å². The molecule has 22 nitrogen and oxygen atoms in total. The van der Waals surface area contributed by atoms with Crippen molar-refractivity contribution in [2.45, 2.75) is 293 Å². The molecule has 0 saturated heterocycles. The zero-order valence-corrected chi connectivity index (χ0v) is 65.6. The average molecular weight is 1450 g/mol. The fraction of sp³-hybridized carbons (Fsp3) is 0.598. The number of phenols is 1. The highest BCUT2D eigenvalue weighted by Crippen LogP contribution is 2.25. The lowest BCUT2D eigenvalue weighted by Gasteiger charge is -2.34. The molecule has 4 aromatic rings. The van der Waals surface area contributed by atoms with Gasteiger partial charge in [0.1, 0.15) is 41.0 Å². The monoisotopic (exact) mass is 1450 g/mol. The molecular weight excluding hydrogens is 1320 g/mol. The molecule has 0 spiro atoms. The van der Waals surface area contributed by atoms with E-state index in [1.54, 1.807) is 39.8 Å². The first-order valence-electron chi connectivity index (χ1n) is 37.4. The topological polar surface area (TPSA) is 368 Å². The summed E-state index contributed by atoms with van der Waals surface area (Å²) in [7, 11) is 0. The molecule has 104 heavy (non-hydrogen) atoms. The minimum absolute atomic E-state index is 0.00225. The average Bonchev–Trinajstić information content (AvgIpc) is 1.64. The molecule has 2 amide bonds. The molecule has 3 aromatic carbocycles. The van der Waals surface area contributed by atoms with Crippen LogP contribution >= 0.6 is 0 Å². The van der Waals surface area contributed by atoms with Crippen LogP contribution in [0, 0.1) is 23.7 Å². The number of allylic oxidation sites excluding steroid dienone is 2. The number of ketones is 9. The number of carbonyl (C=O) groups excluding carboxylic acids is 11. The van der Waals surface area contributed by atoms with Crippen molar-refractivity contribution < 1.29 is 63.0 Å². The predicted octanol–water partition coefficient (Wildman–Crippen LogP) is 11.0. The van der Waals surface area contributed by atoms with Gasteiger partial charge >= 0.3 is 0 Å². The number of aliphatic hydroxyl groups is 1. The Labute approximate surface area is 620 Å². The number of amides is 2. The Kier molecular flexibility index (Phi) is 45.4. The summed E-state index contributed by atoms with van der Waals surface area (Å²) in [6.07, 6.45) is 19.0. The van der Waals surface area contributed by atoms with E-state index in [2.05, 4.69) is 76.9 Å². The summed E-state index contributed by atoms with van der Waals surface area (Å²) >= 11 is 0. The first kappa shape index (κ1) is 94.4. The maximum absolute atomic E-state index is 13.8. The summed E-state index contributed by atoms with van der Waals surface area (Å²) < 4.78 is 0. The molecule has 0 radical (unpaired) electrons. The molecule has 22 heteroatoms. The van der Waals surface area contributed by atoms with Crippen molar-refractivity contribution >= 4 is 74.8 Å². The predicted molar refractivity (Wildman–Crippen MR) is 414 cm³/mol. The van der Waals surface area contributed by atoms with E-state index in [1.807, 2.05) is 88.5 Å². The van der Waals surface area contributed by atoms with Crippen LogP contribution in [0.4, 0.5) is 0 Å². The molecule has 0 saturated carbocycles. The number of hydrogen-bond acceptors (Lipinski definition) is 19. The second-order valence-electron chi connectivity index (χ2n) is 29.2. The molecule has 1 unspecified atom stereocenters. The van der Waals surface area contributed by atoms with Crippen LogP contribution in [-0.4, -0.2) is 132 Å². The smallest absolute Gasteiger partial charge is 0.239 e. The number of nitrogens with one attached hydrogen (secondary N) is 7. The number of hydrogen-bond donors (Lipinski definition) is 11. The second kappa shape index (κ2) is 50.0. The number of unbranched alkanes of at least 4 members (excludes halogenated alkanes) is 6. The number of carbonyl (C=O) groups is 11. The van der Waals surface area contributed by atoms with Crippen molar-refractivity contribution in [1.82, 2.24) is 37.1 Å². The van der Waals surface area contributed by atoms with Crippen molar-refractivity contribution in [3.63, 3.8) is 0 Å². The Morgan fingerprint density at radius 1 is 0.538 bits per heavy atom. The lowest BCUT2D eigenvalue weighted by Crippen LogP contribution is -2.61. The molecule has 0 fully saturated rings. The minimum atomic E-state index is -1.50. The zero-order chi connectivity index (χ0) is 78.9. The highest BCUT2D eigenvalue weighted by Gasteiger charge is 2.41. The van der Waals surface area contributed by atoms with E-state index in [4.69, 9.17) is 11.7 Å². The fourth-order valence-corrected chi connectivity index (χ4v) is 12.0. The second-order valence-corrected chi connectivity index (χ2v) is 29.2. The van der Waals surface area contributed by atoms with Crippen LogP contribution < -0.4 is 43.8 Å². The Morgan fingerprint density at radius 2 is 1.06 bits per heavy atom. The van der Waals surface area contributed by atoms with E-state index < -0.39 is 82.5 Å². The number of rotatable bonds is 47. The highest BCUT2D eigenvalue weighted by molar-refractivity contribution is 6.42. The van der Waals surface area contributed by atoms with Gasteiger partial charge < -0.3 is 30.6 Å². The van der Waals surface area contributed by atoms with Gasteiger partial charge in [0, 0.05) is 28.9 Å². The summed E-state index contributed by atoms with van der Waals surface area (Å²) in [5, 5.41) is 32.8. The van der Waals surface area contributed by atoms with E-state index in [1.165, 1.54) is 59.6 Å². The number of hydrazine groups is 2. The molecule has 0 aliphatic heterocycles. The lowest BCUT2D eigenvalue weighted by atomic mass is 9.86. The van der Waals surface area contributed by atoms with Crippen molar-refractivity contribution in [1.29, 1.82) is 0 Å². The van der Waals surface area contributed by atoms with Crippen molar-refractivity contribution in [2.24, 2.45) is 35.4 Å². The van der Waals surface area contributed by atoms with Crippen LogP contribution in [0.3, 0.4) is 0 Å². The van der Waals surface area contributed by atoms with E-state index in [-0.39, 0.29) is 65.9 Å². The molecule has 13 N–H and O–H groups in total. The molecule has 580 valence electrons. The molecule has 1 heterocycles. The zero-order valence-electron chi connectivity index (χ0n) is 65.6. The number of fused-ring (bicyclic) bond motifs is 1. The molecule has 1 aromatic heterocycles. The number of aliphatic hydroxyl groups excluding tert-OH is 1. The van der Waals surface area contributed by atoms with Gasteiger partial charge in [-0.15, -0.1) is 0 Å². The summed E-state index contributed by atoms with van der Waals surface area (Å²) in [5.74, 6) is 8.42. The normalized spacial score (nSPS) is 15.1. The van der Waals surface area contributed by atoms with Crippen molar-refractivity contribution in [3.8, 4) is 5.75 Å². The van der Waals surface area contributed by atoms with Crippen LogP contribution in [0.2, 0.25) is 0 Å². The van der Waals surface area contributed by atoms with Gasteiger partial charge in [0.15, 0.2) is 5.78 Å². The van der Waals surface area contributed by atoms with Gasteiger partial charge in [0.25, 0.3) is 0 Å². The highest BCUT2D eigenvalue weighted by atomic mass is 16.3. The van der Waals surface area contributed by atoms with Gasteiger partial charge in [-0.05, 0) is 206 Å². The number of aromatic hydroxyl groups is 1. The number of aromatic amines is 1. The van der Waals surface area contributed by atoms with E-state index in [0.29, 0.717) is 36.9 Å². The Hall–Kier alpha value is -7.57. The Balaban J connectivity index is 0.000000967. The molecular formula is C82H129N9O13. The third-order valence-corrected chi connectivity index (χ3v) is 18.8. The first-order chi connectivity index (χ1) is 48.9. The molecule has 4 rings (SSSR count).